The molecule has 2 amide bonds. The van der Waals surface area contributed by atoms with Crippen LogP contribution in [0.4, 0.5) is 5.69 Å². The minimum Gasteiger partial charge on any atom is -0.394 e. The van der Waals surface area contributed by atoms with E-state index in [1.165, 1.54) is 43.2 Å². The van der Waals surface area contributed by atoms with Crippen molar-refractivity contribution in [2.75, 3.05) is 19.0 Å². The number of carbonyl (C=O) groups excluding carboxylic acids is 4. The molecule has 8 aliphatic heterocycles. The fourth-order valence-corrected chi connectivity index (χ4v) is 15.2. The Kier molecular flexibility index (Phi) is 5.34. The summed E-state index contributed by atoms with van der Waals surface area (Å²) in [4.78, 5) is 57.0. The minimum atomic E-state index is -1.19. The number of fused-ring (bicyclic) bond motifs is 9. The van der Waals surface area contributed by atoms with Gasteiger partial charge in [0.2, 0.25) is 11.8 Å². The normalized spacial score (nSPS) is 37.3. The molecular weight excluding hydrogens is 625 g/mol. The van der Waals surface area contributed by atoms with Gasteiger partial charge in [0, 0.05) is 54.7 Å². The summed E-state index contributed by atoms with van der Waals surface area (Å²) in [6, 6.07) is 16.1. The fraction of sp³-hybridized carbons (Fsp3) is 0.400. The molecule has 2 N–H and O–H groups in total. The van der Waals surface area contributed by atoms with Crippen LogP contribution in [-0.4, -0.2) is 82.4 Å². The third kappa shape index (κ3) is 3.05. The van der Waals surface area contributed by atoms with E-state index >= 15 is 0 Å². The summed E-state index contributed by atoms with van der Waals surface area (Å²) in [5, 5.41) is 14.5. The molecule has 8 aliphatic rings. The van der Waals surface area contributed by atoms with Crippen LogP contribution in [0.2, 0.25) is 0 Å². The summed E-state index contributed by atoms with van der Waals surface area (Å²) >= 11 is 0. The monoisotopic (exact) mass is 650 g/mol. The zero-order valence-electron chi connectivity index (χ0n) is 22.9. The second kappa shape index (κ2) is 8.57. The quantitative estimate of drug-likeness (QED) is 0.407. The molecule has 9 heterocycles. The molecule has 7 saturated heterocycles. The number of likely N-dealkylation sites (N-methyl/N-ethyl adjacent to an activating group) is 1. The number of nitrogens with one attached hydrogen (secondary N) is 1. The number of carbonyl (C=O) groups is 4. The first-order chi connectivity index (χ1) is 20.7. The molecule has 0 radical (unpaired) electrons. The van der Waals surface area contributed by atoms with Gasteiger partial charge < -0.3 is 19.9 Å². The van der Waals surface area contributed by atoms with Gasteiger partial charge in [-0.05, 0) is 24.1 Å². The van der Waals surface area contributed by atoms with Crippen LogP contribution in [0.15, 0.2) is 54.7 Å². The Balaban J connectivity index is 1.26. The van der Waals surface area contributed by atoms with Crippen molar-refractivity contribution in [3.8, 4) is 0 Å². The third-order valence-electron chi connectivity index (χ3n) is 10.2. The number of ketones is 2. The number of Topliss-reactive ketones (excluding diaryl/α,β-unsaturated/α-hetero) is 2. The molecule has 2 aromatic carbocycles. The number of nitrogens with zero attached hydrogens (tertiary/aromatic N) is 3. The molecule has 1 spiro atoms. The minimum absolute atomic E-state index is 0.0146. The molecule has 0 saturated carbocycles. The van der Waals surface area contributed by atoms with Gasteiger partial charge in [0.05, 0.1) is 6.61 Å². The molecule has 6 atom stereocenters. The first-order valence-corrected chi connectivity index (χ1v) is 18.5. The molecule has 0 unspecified atom stereocenters. The van der Waals surface area contributed by atoms with Gasteiger partial charge in [-0.1, -0.05) is 79.6 Å². The Hall–Kier alpha value is -2.58. The number of aliphatic hydroxyl groups excluding tert-OH is 1. The van der Waals surface area contributed by atoms with E-state index in [4.69, 9.17) is 0 Å². The maximum atomic E-state index is 14.2. The van der Waals surface area contributed by atoms with Crippen LogP contribution in [0.25, 0.3) is 10.9 Å². The van der Waals surface area contributed by atoms with Gasteiger partial charge in [-0.15, -0.1) is 0 Å². The van der Waals surface area contributed by atoms with Crippen molar-refractivity contribution in [2.45, 2.75) is 57.1 Å². The Morgan fingerprint density at radius 3 is 2.53 bits per heavy atom. The van der Waals surface area contributed by atoms with E-state index in [1.807, 2.05) is 36.4 Å². The highest BCUT2D eigenvalue weighted by molar-refractivity contribution is 8.78. The first-order valence-electron chi connectivity index (χ1n) is 14.1. The lowest BCUT2D eigenvalue weighted by Gasteiger charge is -2.53. The molecule has 3 aromatic rings. The van der Waals surface area contributed by atoms with Crippen molar-refractivity contribution in [3.05, 3.63) is 65.9 Å². The first kappa shape index (κ1) is 26.8. The van der Waals surface area contributed by atoms with Crippen molar-refractivity contribution in [1.82, 2.24) is 14.4 Å². The Morgan fingerprint density at radius 1 is 0.953 bits per heavy atom. The van der Waals surface area contributed by atoms with Gasteiger partial charge >= 0.3 is 0 Å². The number of aromatic nitrogens is 1. The van der Waals surface area contributed by atoms with Gasteiger partial charge in [0.15, 0.2) is 16.4 Å². The molecule has 4 bridgehead atoms. The zero-order chi connectivity index (χ0) is 29.5. The Labute approximate surface area is 262 Å². The lowest BCUT2D eigenvalue weighted by molar-refractivity contribution is -0.150. The van der Waals surface area contributed by atoms with Crippen LogP contribution in [0.3, 0.4) is 0 Å². The highest BCUT2D eigenvalue weighted by Crippen LogP contribution is 2.69. The van der Waals surface area contributed by atoms with Gasteiger partial charge in [0.1, 0.15) is 26.6 Å². The number of rotatable bonds is 4. The van der Waals surface area contributed by atoms with Gasteiger partial charge in [-0.25, -0.2) is 0 Å². The molecule has 9 nitrogen and oxygen atoms in total. The summed E-state index contributed by atoms with van der Waals surface area (Å²) < 4.78 is 0.143. The zero-order valence-corrected chi connectivity index (χ0v) is 26.2. The van der Waals surface area contributed by atoms with Crippen molar-refractivity contribution in [2.24, 2.45) is 0 Å². The number of amides is 2. The van der Waals surface area contributed by atoms with Crippen LogP contribution in [0.5, 0.6) is 0 Å². The second-order valence-electron chi connectivity index (χ2n) is 12.4. The number of aliphatic hydroxyl groups is 1. The summed E-state index contributed by atoms with van der Waals surface area (Å²) in [6.07, 6.45) is 2.51. The van der Waals surface area contributed by atoms with E-state index in [0.717, 1.165) is 27.7 Å². The van der Waals surface area contributed by atoms with Crippen LogP contribution in [0, 0.1) is 0 Å². The topological polar surface area (TPSA) is 112 Å². The maximum absolute atomic E-state index is 14.2. The third-order valence-corrected chi connectivity index (χ3v) is 17.3. The summed E-state index contributed by atoms with van der Waals surface area (Å²) in [7, 11) is 7.43. The lowest BCUT2D eigenvalue weighted by Crippen LogP contribution is -2.70. The molecule has 0 aliphatic carbocycles. The smallest absolute Gasteiger partial charge is 0.245 e. The number of piperidine rings is 2. The molecule has 220 valence electrons. The molecule has 1 aromatic heterocycles. The summed E-state index contributed by atoms with van der Waals surface area (Å²) in [6.45, 7) is -0.398. The predicted octanol–water partition coefficient (Wildman–Crippen LogP) is 3.60. The fourth-order valence-electron chi connectivity index (χ4n) is 8.17. The molecule has 13 heteroatoms. The summed E-state index contributed by atoms with van der Waals surface area (Å²) in [5.74, 6) is -0.183. The van der Waals surface area contributed by atoms with Crippen LogP contribution < -0.4 is 5.32 Å². The Bertz CT molecular complexity index is 1830. The maximum Gasteiger partial charge on any atom is 0.245 e. The van der Waals surface area contributed by atoms with E-state index < -0.39 is 38.1 Å². The molecule has 43 heavy (non-hydrogen) atoms. The highest BCUT2D eigenvalue weighted by atomic mass is 33.1. The number of benzene rings is 2. The van der Waals surface area contributed by atoms with E-state index in [-0.39, 0.29) is 36.2 Å². The van der Waals surface area contributed by atoms with E-state index in [1.54, 1.807) is 16.8 Å². The SMILES string of the molecule is CN1C(=O)[C@@]2(Cc3cn([C@]45C[C@]67SS[C@@](CO)(CC6=O)C(=O)N7[C@H]4Nc4ccccc45)c4ccccc34)CC(=O)[C@@H]1SS2. The number of anilines is 1. The largest absolute Gasteiger partial charge is 0.394 e. The predicted molar refractivity (Wildman–Crippen MR) is 169 cm³/mol. The molecular formula is C30H26N4O5S4. The second-order valence-corrected chi connectivity index (χ2v) is 17.8. The lowest BCUT2D eigenvalue weighted by atomic mass is 9.84. The van der Waals surface area contributed by atoms with E-state index in [9.17, 15) is 24.3 Å². The van der Waals surface area contributed by atoms with Crippen LogP contribution >= 0.6 is 43.2 Å². The summed E-state index contributed by atoms with van der Waals surface area (Å²) in [5.41, 5.74) is 2.96. The number of para-hydroxylation sites is 2. The number of hydrogen-bond acceptors (Lipinski definition) is 10. The van der Waals surface area contributed by atoms with Crippen molar-refractivity contribution >= 4 is 83.1 Å². The van der Waals surface area contributed by atoms with E-state index in [2.05, 4.69) is 28.2 Å². The highest BCUT2D eigenvalue weighted by Gasteiger charge is 2.76. The van der Waals surface area contributed by atoms with Crippen molar-refractivity contribution < 1.29 is 24.3 Å². The number of hydrogen-bond donors (Lipinski definition) is 2. The molecule has 7 fully saturated rings. The van der Waals surface area contributed by atoms with Crippen LogP contribution in [0.1, 0.15) is 30.4 Å². The van der Waals surface area contributed by atoms with Crippen molar-refractivity contribution in [3.63, 3.8) is 0 Å². The van der Waals surface area contributed by atoms with Crippen molar-refractivity contribution in [1.29, 1.82) is 0 Å². The average molecular weight is 651 g/mol. The Morgan fingerprint density at radius 2 is 1.74 bits per heavy atom. The van der Waals surface area contributed by atoms with Crippen LogP contribution in [-0.2, 0) is 31.1 Å². The standard InChI is InChI=1S/C30H26N4O5S4/c1-32-23-21(36)11-27(25(32)38,41-40-23)10-16-13-33(20-9-5-2-6-17(16)20)29-14-30-22(37)12-28(15-35,42-43-30)26(39)34(30)24(29)31-19-8-4-3-7-18(19)29/h2-9,13,23-24,31,35H,10-12,14-15H2,1H3/t23-,24+,27+,28+,29-,30-/m0/s1. The van der Waals surface area contributed by atoms with Gasteiger partial charge in [-0.2, -0.15) is 0 Å². The average Bonchev–Trinajstić information content (AvgIpc) is 3.63. The van der Waals surface area contributed by atoms with Gasteiger partial charge in [-0.3, -0.25) is 24.1 Å². The van der Waals surface area contributed by atoms with Gasteiger partial charge in [0.25, 0.3) is 0 Å². The van der Waals surface area contributed by atoms with E-state index in [0.29, 0.717) is 12.8 Å². The molecule has 11 rings (SSSR count).